The summed E-state index contributed by atoms with van der Waals surface area (Å²) in [7, 11) is 3.96. The molecule has 1 heterocycles. The van der Waals surface area contributed by atoms with E-state index in [1.54, 1.807) is 0 Å². The first kappa shape index (κ1) is 13.1. The number of allylic oxidation sites excluding steroid dienone is 1. The van der Waals surface area contributed by atoms with Gasteiger partial charge in [-0.25, -0.2) is 0 Å². The molecule has 2 aromatic rings. The number of nitrogen functional groups attached to an aromatic ring is 1. The first-order valence-electron chi connectivity index (χ1n) is 6.70. The lowest BCUT2D eigenvalue weighted by Gasteiger charge is -2.20. The Balaban J connectivity index is 2.17. The molecule has 0 saturated carbocycles. The topological polar surface area (TPSA) is 56.3 Å². The van der Waals surface area contributed by atoms with Gasteiger partial charge in [-0.15, -0.1) is 0 Å². The molecule has 1 aliphatic heterocycles. The average molecular weight is 276 g/mol. The van der Waals surface area contributed by atoms with Crippen LogP contribution >= 0.6 is 0 Å². The third-order valence-corrected chi connectivity index (χ3v) is 3.77. The minimum atomic E-state index is 0.635. The van der Waals surface area contributed by atoms with Crippen LogP contribution < -0.4 is 15.5 Å². The standard InChI is InChI=1S/C17H16N4/c1-20-15-5-3-4-6-16(15)21(2)17(20)14(11-18)12-7-9-13(19)10-8-12/h3-10H,19H2,1-2H3. The van der Waals surface area contributed by atoms with Gasteiger partial charge >= 0.3 is 0 Å². The minimum absolute atomic E-state index is 0.635. The third kappa shape index (κ3) is 2.00. The zero-order chi connectivity index (χ0) is 15.0. The van der Waals surface area contributed by atoms with E-state index in [-0.39, 0.29) is 0 Å². The van der Waals surface area contributed by atoms with Gasteiger partial charge in [-0.2, -0.15) is 5.26 Å². The normalized spacial score (nSPS) is 13.1. The first-order chi connectivity index (χ1) is 10.1. The lowest BCUT2D eigenvalue weighted by atomic mass is 10.1. The van der Waals surface area contributed by atoms with Gasteiger partial charge in [-0.3, -0.25) is 0 Å². The summed E-state index contributed by atoms with van der Waals surface area (Å²) < 4.78 is 0. The zero-order valence-electron chi connectivity index (χ0n) is 12.0. The number of fused-ring (bicyclic) bond motifs is 1. The fraction of sp³-hybridized carbons (Fsp3) is 0.118. The molecular weight excluding hydrogens is 260 g/mol. The molecule has 0 amide bonds. The Morgan fingerprint density at radius 3 is 1.95 bits per heavy atom. The minimum Gasteiger partial charge on any atom is -0.399 e. The van der Waals surface area contributed by atoms with Gasteiger partial charge in [0.2, 0.25) is 0 Å². The van der Waals surface area contributed by atoms with Crippen LogP contribution in [0.3, 0.4) is 0 Å². The fourth-order valence-corrected chi connectivity index (χ4v) is 2.71. The highest BCUT2D eigenvalue weighted by molar-refractivity contribution is 5.92. The van der Waals surface area contributed by atoms with E-state index in [4.69, 9.17) is 5.73 Å². The molecule has 0 aromatic heterocycles. The molecule has 4 heteroatoms. The van der Waals surface area contributed by atoms with Crippen molar-refractivity contribution in [2.75, 3.05) is 29.6 Å². The second-order valence-corrected chi connectivity index (χ2v) is 5.04. The quantitative estimate of drug-likeness (QED) is 0.642. The summed E-state index contributed by atoms with van der Waals surface area (Å²) in [6.45, 7) is 0. The maximum absolute atomic E-state index is 9.63. The molecule has 21 heavy (non-hydrogen) atoms. The number of hydrogen-bond acceptors (Lipinski definition) is 4. The average Bonchev–Trinajstić information content (AvgIpc) is 2.76. The van der Waals surface area contributed by atoms with Crippen molar-refractivity contribution in [3.63, 3.8) is 0 Å². The number of benzene rings is 2. The highest BCUT2D eigenvalue weighted by Crippen LogP contribution is 2.41. The number of hydrogen-bond donors (Lipinski definition) is 1. The monoisotopic (exact) mass is 276 g/mol. The summed E-state index contributed by atoms with van der Waals surface area (Å²) in [4.78, 5) is 4.09. The van der Waals surface area contributed by atoms with Crippen molar-refractivity contribution in [3.8, 4) is 6.07 Å². The number of nitriles is 1. The maximum atomic E-state index is 9.63. The summed E-state index contributed by atoms with van der Waals surface area (Å²) in [5.41, 5.74) is 10.1. The number of nitrogens with two attached hydrogens (primary N) is 1. The molecule has 0 radical (unpaired) electrons. The molecule has 104 valence electrons. The van der Waals surface area contributed by atoms with E-state index in [1.807, 2.05) is 60.3 Å². The van der Waals surface area contributed by atoms with E-state index in [2.05, 4.69) is 18.2 Å². The van der Waals surface area contributed by atoms with Crippen LogP contribution in [0.1, 0.15) is 5.56 Å². The van der Waals surface area contributed by atoms with Gasteiger partial charge in [0.1, 0.15) is 17.5 Å². The largest absolute Gasteiger partial charge is 0.399 e. The Labute approximate surface area is 124 Å². The molecule has 0 saturated heterocycles. The second kappa shape index (κ2) is 4.88. The highest BCUT2D eigenvalue weighted by atomic mass is 15.4. The van der Waals surface area contributed by atoms with Crippen molar-refractivity contribution in [2.45, 2.75) is 0 Å². The molecule has 0 atom stereocenters. The van der Waals surface area contributed by atoms with E-state index in [0.29, 0.717) is 11.3 Å². The first-order valence-corrected chi connectivity index (χ1v) is 6.70. The SMILES string of the molecule is CN1C(=C(C#N)c2ccc(N)cc2)N(C)c2ccccc21. The van der Waals surface area contributed by atoms with Crippen molar-refractivity contribution in [2.24, 2.45) is 0 Å². The Kier molecular flexibility index (Phi) is 3.03. The number of para-hydroxylation sites is 2. The summed E-state index contributed by atoms with van der Waals surface area (Å²) >= 11 is 0. The number of nitrogens with zero attached hydrogens (tertiary/aromatic N) is 3. The Morgan fingerprint density at radius 2 is 1.48 bits per heavy atom. The smallest absolute Gasteiger partial charge is 0.131 e. The highest BCUT2D eigenvalue weighted by Gasteiger charge is 2.29. The van der Waals surface area contributed by atoms with E-state index in [0.717, 1.165) is 22.8 Å². The van der Waals surface area contributed by atoms with Gasteiger partial charge in [0, 0.05) is 19.8 Å². The van der Waals surface area contributed by atoms with Crippen LogP contribution in [-0.2, 0) is 0 Å². The van der Waals surface area contributed by atoms with Gasteiger partial charge in [-0.05, 0) is 29.8 Å². The summed E-state index contributed by atoms with van der Waals surface area (Å²) in [5.74, 6) is 0.878. The molecule has 0 unspecified atom stereocenters. The predicted octanol–water partition coefficient (Wildman–Crippen LogP) is 3.05. The Bertz CT molecular complexity index is 722. The zero-order valence-corrected chi connectivity index (χ0v) is 12.0. The fourth-order valence-electron chi connectivity index (χ4n) is 2.71. The molecule has 4 nitrogen and oxygen atoms in total. The van der Waals surface area contributed by atoms with Gasteiger partial charge in [0.05, 0.1) is 11.4 Å². The van der Waals surface area contributed by atoms with Crippen molar-refractivity contribution in [3.05, 3.63) is 59.9 Å². The molecule has 0 spiro atoms. The van der Waals surface area contributed by atoms with Gasteiger partial charge < -0.3 is 15.5 Å². The molecule has 0 aliphatic carbocycles. The van der Waals surface area contributed by atoms with Crippen LogP contribution in [0, 0.1) is 11.3 Å². The molecule has 0 fully saturated rings. The molecule has 2 N–H and O–H groups in total. The third-order valence-electron chi connectivity index (χ3n) is 3.77. The Morgan fingerprint density at radius 1 is 0.952 bits per heavy atom. The lowest BCUT2D eigenvalue weighted by Crippen LogP contribution is -2.23. The molecule has 0 bridgehead atoms. The van der Waals surface area contributed by atoms with Crippen LogP contribution in [0.5, 0.6) is 0 Å². The number of rotatable bonds is 1. The second-order valence-electron chi connectivity index (χ2n) is 5.04. The van der Waals surface area contributed by atoms with Crippen LogP contribution in [0.25, 0.3) is 5.57 Å². The lowest BCUT2D eigenvalue weighted by molar-refractivity contribution is 1.05. The molecule has 2 aromatic carbocycles. The van der Waals surface area contributed by atoms with Gasteiger partial charge in [0.15, 0.2) is 0 Å². The van der Waals surface area contributed by atoms with Crippen LogP contribution in [0.4, 0.5) is 17.1 Å². The van der Waals surface area contributed by atoms with Crippen LogP contribution in [0.15, 0.2) is 54.4 Å². The summed E-state index contributed by atoms with van der Waals surface area (Å²) in [6, 6.07) is 17.8. The predicted molar refractivity (Wildman–Crippen MR) is 86.6 cm³/mol. The van der Waals surface area contributed by atoms with Crippen molar-refractivity contribution in [1.82, 2.24) is 0 Å². The maximum Gasteiger partial charge on any atom is 0.131 e. The summed E-state index contributed by atoms with van der Waals surface area (Å²) in [6.07, 6.45) is 0. The van der Waals surface area contributed by atoms with Crippen molar-refractivity contribution in [1.29, 1.82) is 5.26 Å². The van der Waals surface area contributed by atoms with Crippen molar-refractivity contribution >= 4 is 22.6 Å². The molecular formula is C17H16N4. The number of anilines is 3. The molecule has 3 rings (SSSR count). The van der Waals surface area contributed by atoms with Crippen LogP contribution in [0.2, 0.25) is 0 Å². The van der Waals surface area contributed by atoms with Crippen molar-refractivity contribution < 1.29 is 0 Å². The Hall–Kier alpha value is -2.93. The summed E-state index contributed by atoms with van der Waals surface area (Å²) in [5, 5.41) is 9.63. The van der Waals surface area contributed by atoms with Crippen LogP contribution in [-0.4, -0.2) is 14.1 Å². The van der Waals surface area contributed by atoms with E-state index >= 15 is 0 Å². The van der Waals surface area contributed by atoms with E-state index in [1.165, 1.54) is 0 Å². The van der Waals surface area contributed by atoms with Gasteiger partial charge in [0.25, 0.3) is 0 Å². The van der Waals surface area contributed by atoms with E-state index < -0.39 is 0 Å². The van der Waals surface area contributed by atoms with E-state index in [9.17, 15) is 5.26 Å². The molecule has 1 aliphatic rings. The van der Waals surface area contributed by atoms with Gasteiger partial charge in [-0.1, -0.05) is 24.3 Å².